The van der Waals surface area contributed by atoms with Crippen LogP contribution in [0.2, 0.25) is 0 Å². The maximum Gasteiger partial charge on any atom is 0.228 e. The predicted octanol–water partition coefficient (Wildman–Crippen LogP) is 3.40. The van der Waals surface area contributed by atoms with Crippen LogP contribution >= 0.6 is 0 Å². The van der Waals surface area contributed by atoms with Crippen LogP contribution < -0.4 is 14.8 Å². The molecule has 134 valence electrons. The van der Waals surface area contributed by atoms with Gasteiger partial charge in [-0.2, -0.15) is 5.10 Å². The van der Waals surface area contributed by atoms with Gasteiger partial charge in [-0.05, 0) is 45.4 Å². The Bertz CT molecular complexity index is 776. The zero-order valence-electron chi connectivity index (χ0n) is 15.4. The number of rotatable bonds is 5. The number of anilines is 1. The third-order valence-corrected chi connectivity index (χ3v) is 4.50. The molecule has 1 amide bonds. The van der Waals surface area contributed by atoms with Crippen LogP contribution in [0.15, 0.2) is 30.6 Å². The average Bonchev–Trinajstić information content (AvgIpc) is 3.24. The van der Waals surface area contributed by atoms with E-state index in [1.807, 2.05) is 29.1 Å². The Balaban J connectivity index is 1.69. The van der Waals surface area contributed by atoms with Gasteiger partial charge in [-0.3, -0.25) is 9.48 Å². The molecule has 1 aliphatic rings. The minimum atomic E-state index is -0.112. The number of aromatic nitrogens is 2. The number of amides is 1. The first-order valence-corrected chi connectivity index (χ1v) is 8.41. The highest BCUT2D eigenvalue weighted by Gasteiger charge is 2.45. The lowest BCUT2D eigenvalue weighted by molar-refractivity contribution is -0.117. The fraction of sp³-hybridized carbons (Fsp3) is 0.474. The van der Waals surface area contributed by atoms with Gasteiger partial charge in [-0.15, -0.1) is 0 Å². The highest BCUT2D eigenvalue weighted by molar-refractivity contribution is 5.95. The summed E-state index contributed by atoms with van der Waals surface area (Å²) < 4.78 is 12.6. The van der Waals surface area contributed by atoms with E-state index in [1.165, 1.54) is 0 Å². The number of methoxy groups -OCH3 is 2. The second-order valence-electron chi connectivity index (χ2n) is 7.39. The maximum absolute atomic E-state index is 12.6. The summed E-state index contributed by atoms with van der Waals surface area (Å²) in [4.78, 5) is 12.6. The molecule has 1 aliphatic carbocycles. The van der Waals surface area contributed by atoms with Gasteiger partial charge < -0.3 is 14.8 Å². The van der Waals surface area contributed by atoms with E-state index >= 15 is 0 Å². The number of carbonyl (C=O) groups is 1. The third kappa shape index (κ3) is 3.62. The van der Waals surface area contributed by atoms with Crippen LogP contribution in [0.5, 0.6) is 11.5 Å². The lowest BCUT2D eigenvalue weighted by Crippen LogP contribution is -2.22. The number of carbonyl (C=O) groups excluding carboxylic acids is 1. The highest BCUT2D eigenvalue weighted by atomic mass is 16.5. The SMILES string of the molecule is COc1ccc(OC)c(C2CC2C(=O)Nc2cnn(C(C)(C)C)c2)c1. The molecule has 2 unspecified atom stereocenters. The number of hydrogen-bond acceptors (Lipinski definition) is 4. The van der Waals surface area contributed by atoms with Gasteiger partial charge in [-0.1, -0.05) is 0 Å². The monoisotopic (exact) mass is 343 g/mol. The first kappa shape index (κ1) is 17.3. The van der Waals surface area contributed by atoms with E-state index < -0.39 is 0 Å². The fourth-order valence-electron chi connectivity index (χ4n) is 2.95. The number of benzene rings is 1. The lowest BCUT2D eigenvalue weighted by Gasteiger charge is -2.18. The van der Waals surface area contributed by atoms with Gasteiger partial charge in [0, 0.05) is 23.6 Å². The molecule has 0 spiro atoms. The number of nitrogens with one attached hydrogen (secondary N) is 1. The average molecular weight is 343 g/mol. The first-order chi connectivity index (χ1) is 11.8. The van der Waals surface area contributed by atoms with Gasteiger partial charge in [-0.25, -0.2) is 0 Å². The van der Waals surface area contributed by atoms with Crippen LogP contribution in [0.4, 0.5) is 5.69 Å². The lowest BCUT2D eigenvalue weighted by atomic mass is 10.1. The fourth-order valence-corrected chi connectivity index (χ4v) is 2.95. The van der Waals surface area contributed by atoms with Gasteiger partial charge in [0.1, 0.15) is 11.5 Å². The molecule has 2 atom stereocenters. The Labute approximate surface area is 148 Å². The number of nitrogens with zero attached hydrogens (tertiary/aromatic N) is 2. The summed E-state index contributed by atoms with van der Waals surface area (Å²) in [5, 5.41) is 7.28. The molecule has 25 heavy (non-hydrogen) atoms. The van der Waals surface area contributed by atoms with Crippen LogP contribution in [0.25, 0.3) is 0 Å². The van der Waals surface area contributed by atoms with Crippen LogP contribution in [0, 0.1) is 5.92 Å². The summed E-state index contributed by atoms with van der Waals surface area (Å²) in [6.07, 6.45) is 4.36. The molecule has 6 heteroatoms. The minimum Gasteiger partial charge on any atom is -0.497 e. The summed E-state index contributed by atoms with van der Waals surface area (Å²) in [7, 11) is 3.28. The summed E-state index contributed by atoms with van der Waals surface area (Å²) in [5.41, 5.74) is 1.63. The molecular formula is C19H25N3O3. The molecule has 3 rings (SSSR count). The Kier molecular flexibility index (Phi) is 4.45. The molecule has 2 aromatic rings. The second-order valence-corrected chi connectivity index (χ2v) is 7.39. The third-order valence-electron chi connectivity index (χ3n) is 4.50. The number of ether oxygens (including phenoxy) is 2. The van der Waals surface area contributed by atoms with Gasteiger partial charge in [0.15, 0.2) is 0 Å². The quantitative estimate of drug-likeness (QED) is 0.904. The molecule has 1 fully saturated rings. The van der Waals surface area contributed by atoms with Crippen LogP contribution in [0.3, 0.4) is 0 Å². The first-order valence-electron chi connectivity index (χ1n) is 8.41. The molecule has 6 nitrogen and oxygen atoms in total. The maximum atomic E-state index is 12.6. The molecule has 0 saturated heterocycles. The van der Waals surface area contributed by atoms with E-state index in [4.69, 9.17) is 9.47 Å². The van der Waals surface area contributed by atoms with E-state index in [2.05, 4.69) is 31.2 Å². The second kappa shape index (κ2) is 6.43. The van der Waals surface area contributed by atoms with Crippen molar-refractivity contribution in [2.24, 2.45) is 5.92 Å². The Morgan fingerprint density at radius 1 is 1.28 bits per heavy atom. The molecule has 1 saturated carbocycles. The van der Waals surface area contributed by atoms with Crippen molar-refractivity contribution in [1.82, 2.24) is 9.78 Å². The summed E-state index contributed by atoms with van der Waals surface area (Å²) in [6, 6.07) is 5.70. The van der Waals surface area contributed by atoms with Crippen molar-refractivity contribution < 1.29 is 14.3 Å². The van der Waals surface area contributed by atoms with Crippen molar-refractivity contribution in [1.29, 1.82) is 0 Å². The summed E-state index contributed by atoms with van der Waals surface area (Å²) in [5.74, 6) is 1.68. The van der Waals surface area contributed by atoms with Crippen molar-refractivity contribution in [2.45, 2.75) is 38.6 Å². The minimum absolute atomic E-state index is 0.0170. The Hall–Kier alpha value is -2.50. The molecular weight excluding hydrogens is 318 g/mol. The van der Waals surface area contributed by atoms with Crippen LogP contribution in [-0.2, 0) is 10.3 Å². The normalized spacial score (nSPS) is 19.4. The standard InChI is InChI=1S/C19H25N3O3/c1-19(2,3)22-11-12(10-20-22)21-18(23)16-9-14(16)15-8-13(24-4)6-7-17(15)25-5/h6-8,10-11,14,16H,9H2,1-5H3,(H,21,23). The largest absolute Gasteiger partial charge is 0.497 e. The topological polar surface area (TPSA) is 65.4 Å². The van der Waals surface area contributed by atoms with Crippen molar-refractivity contribution >= 4 is 11.6 Å². The molecule has 0 radical (unpaired) electrons. The molecule has 1 heterocycles. The van der Waals surface area contributed by atoms with Gasteiger partial charge in [0.25, 0.3) is 0 Å². The van der Waals surface area contributed by atoms with Crippen molar-refractivity contribution in [3.63, 3.8) is 0 Å². The van der Waals surface area contributed by atoms with Gasteiger partial charge in [0.05, 0.1) is 31.6 Å². The molecule has 0 bridgehead atoms. The van der Waals surface area contributed by atoms with Crippen LogP contribution in [0.1, 0.15) is 38.7 Å². The number of hydrogen-bond donors (Lipinski definition) is 1. The van der Waals surface area contributed by atoms with E-state index in [0.717, 1.165) is 29.2 Å². The Morgan fingerprint density at radius 3 is 2.64 bits per heavy atom. The zero-order chi connectivity index (χ0) is 18.2. The van der Waals surface area contributed by atoms with E-state index in [1.54, 1.807) is 20.4 Å². The van der Waals surface area contributed by atoms with Gasteiger partial charge in [0.2, 0.25) is 5.91 Å². The van der Waals surface area contributed by atoms with E-state index in [0.29, 0.717) is 0 Å². The predicted molar refractivity (Wildman–Crippen MR) is 96.2 cm³/mol. The van der Waals surface area contributed by atoms with Crippen molar-refractivity contribution in [3.8, 4) is 11.5 Å². The smallest absolute Gasteiger partial charge is 0.228 e. The van der Waals surface area contributed by atoms with Crippen LogP contribution in [-0.4, -0.2) is 29.9 Å². The van der Waals surface area contributed by atoms with E-state index in [9.17, 15) is 4.79 Å². The zero-order valence-corrected chi connectivity index (χ0v) is 15.4. The summed E-state index contributed by atoms with van der Waals surface area (Å²) in [6.45, 7) is 6.20. The van der Waals surface area contributed by atoms with E-state index in [-0.39, 0.29) is 23.3 Å². The van der Waals surface area contributed by atoms with Crippen molar-refractivity contribution in [2.75, 3.05) is 19.5 Å². The van der Waals surface area contributed by atoms with Crippen molar-refractivity contribution in [3.05, 3.63) is 36.2 Å². The molecule has 0 aliphatic heterocycles. The molecule has 1 aromatic heterocycles. The van der Waals surface area contributed by atoms with Gasteiger partial charge >= 0.3 is 0 Å². The Morgan fingerprint density at radius 2 is 2.04 bits per heavy atom. The highest BCUT2D eigenvalue weighted by Crippen LogP contribution is 2.51. The molecule has 1 aromatic carbocycles. The summed E-state index contributed by atoms with van der Waals surface area (Å²) >= 11 is 0. The molecule has 1 N–H and O–H groups in total.